The number of hydrogen-bond donors (Lipinski definition) is 4. The molecular formula is C27H30N2O7. The lowest BCUT2D eigenvalue weighted by atomic mass is 9.92. The molecule has 4 N–H and O–H groups in total. The number of para-hydroxylation sites is 1. The molecule has 9 nitrogen and oxygen atoms in total. The summed E-state index contributed by atoms with van der Waals surface area (Å²) < 4.78 is 5.22. The van der Waals surface area contributed by atoms with Crippen molar-refractivity contribution >= 4 is 11.9 Å². The maximum Gasteiger partial charge on any atom is 0.414 e. The second-order valence-electron chi connectivity index (χ2n) is 8.25. The van der Waals surface area contributed by atoms with Gasteiger partial charge in [0.2, 0.25) is 0 Å². The quantitative estimate of drug-likeness (QED) is 0.382. The summed E-state index contributed by atoms with van der Waals surface area (Å²) in [7, 11) is 1.56. The molecule has 190 valence electrons. The molecule has 3 aromatic carbocycles. The van der Waals surface area contributed by atoms with Gasteiger partial charge in [0, 0.05) is 49.4 Å². The maximum atomic E-state index is 11.9. The van der Waals surface area contributed by atoms with Gasteiger partial charge in [0.25, 0.3) is 0 Å². The van der Waals surface area contributed by atoms with Gasteiger partial charge in [0.05, 0.1) is 7.11 Å². The SMILES string of the molecule is COc1cccc(CN2CCN(C(O)(c3ccccc3)c3ccccc3)CC2)c1O.O=C(O)C(=O)O. The van der Waals surface area contributed by atoms with Gasteiger partial charge in [-0.1, -0.05) is 72.8 Å². The van der Waals surface area contributed by atoms with E-state index in [-0.39, 0.29) is 5.75 Å². The van der Waals surface area contributed by atoms with E-state index in [1.54, 1.807) is 13.2 Å². The first-order valence-corrected chi connectivity index (χ1v) is 11.4. The molecule has 0 atom stereocenters. The summed E-state index contributed by atoms with van der Waals surface area (Å²) in [6.45, 7) is 3.65. The van der Waals surface area contributed by atoms with Crippen LogP contribution in [0.2, 0.25) is 0 Å². The van der Waals surface area contributed by atoms with Gasteiger partial charge >= 0.3 is 11.9 Å². The third-order valence-corrected chi connectivity index (χ3v) is 6.06. The van der Waals surface area contributed by atoms with E-state index >= 15 is 0 Å². The van der Waals surface area contributed by atoms with Crippen molar-refractivity contribution < 1.29 is 34.8 Å². The van der Waals surface area contributed by atoms with Crippen LogP contribution in [0.3, 0.4) is 0 Å². The topological polar surface area (TPSA) is 131 Å². The first-order valence-electron chi connectivity index (χ1n) is 11.4. The first kappa shape index (κ1) is 26.7. The minimum Gasteiger partial charge on any atom is -0.504 e. The molecule has 1 aliphatic heterocycles. The number of aromatic hydroxyl groups is 1. The molecule has 0 bridgehead atoms. The highest BCUT2D eigenvalue weighted by atomic mass is 16.5. The highest BCUT2D eigenvalue weighted by Crippen LogP contribution is 2.35. The molecule has 0 radical (unpaired) electrons. The van der Waals surface area contributed by atoms with Gasteiger partial charge in [-0.3, -0.25) is 9.80 Å². The molecule has 1 saturated heterocycles. The van der Waals surface area contributed by atoms with Gasteiger partial charge in [-0.05, 0) is 6.07 Å². The Morgan fingerprint density at radius 2 is 1.31 bits per heavy atom. The van der Waals surface area contributed by atoms with Crippen molar-refractivity contribution in [3.8, 4) is 11.5 Å². The lowest BCUT2D eigenvalue weighted by Crippen LogP contribution is -2.55. The van der Waals surface area contributed by atoms with Gasteiger partial charge in [-0.25, -0.2) is 9.59 Å². The highest BCUT2D eigenvalue weighted by Gasteiger charge is 2.39. The van der Waals surface area contributed by atoms with Crippen molar-refractivity contribution in [3.63, 3.8) is 0 Å². The fourth-order valence-electron chi connectivity index (χ4n) is 4.20. The average Bonchev–Trinajstić information content (AvgIpc) is 2.91. The molecule has 4 rings (SSSR count). The summed E-state index contributed by atoms with van der Waals surface area (Å²) in [5.74, 6) is -2.95. The van der Waals surface area contributed by atoms with E-state index in [1.807, 2.05) is 72.8 Å². The smallest absolute Gasteiger partial charge is 0.414 e. The fraction of sp³-hybridized carbons (Fsp3) is 0.259. The van der Waals surface area contributed by atoms with Gasteiger partial charge < -0.3 is 25.2 Å². The van der Waals surface area contributed by atoms with E-state index in [0.29, 0.717) is 25.4 Å². The van der Waals surface area contributed by atoms with E-state index in [2.05, 4.69) is 9.80 Å². The number of aliphatic hydroxyl groups is 1. The standard InChI is InChI=1S/C25H28N2O3.C2H2O4/c1-30-23-14-8-9-20(24(23)28)19-26-15-17-27(18-16-26)25(29,21-10-4-2-5-11-21)22-12-6-3-7-13-22;3-1(4)2(5)6/h2-14,28-29H,15-19H2,1H3;(H,3,4)(H,5,6). The van der Waals surface area contributed by atoms with Gasteiger partial charge in [-0.15, -0.1) is 0 Å². The van der Waals surface area contributed by atoms with Crippen LogP contribution in [0.5, 0.6) is 11.5 Å². The summed E-state index contributed by atoms with van der Waals surface area (Å²) in [5.41, 5.74) is 1.42. The third-order valence-electron chi connectivity index (χ3n) is 6.06. The van der Waals surface area contributed by atoms with Crippen molar-refractivity contribution in [3.05, 3.63) is 95.6 Å². The zero-order valence-corrected chi connectivity index (χ0v) is 19.9. The number of carboxylic acid groups (broad SMARTS) is 2. The van der Waals surface area contributed by atoms with Gasteiger partial charge in [0.1, 0.15) is 0 Å². The number of ether oxygens (including phenoxy) is 1. The van der Waals surface area contributed by atoms with Crippen LogP contribution in [-0.2, 0) is 21.9 Å². The van der Waals surface area contributed by atoms with Crippen LogP contribution in [0.15, 0.2) is 78.9 Å². The monoisotopic (exact) mass is 494 g/mol. The molecule has 0 spiro atoms. The normalized spacial score (nSPS) is 14.4. The van der Waals surface area contributed by atoms with Crippen LogP contribution < -0.4 is 4.74 Å². The summed E-state index contributed by atoms with van der Waals surface area (Å²) in [6, 6.07) is 25.3. The second-order valence-corrected chi connectivity index (χ2v) is 8.25. The predicted molar refractivity (Wildman–Crippen MR) is 133 cm³/mol. The Bertz CT molecular complexity index is 1100. The predicted octanol–water partition coefficient (Wildman–Crippen LogP) is 2.57. The number of carbonyl (C=O) groups is 2. The molecule has 1 heterocycles. The zero-order chi connectivity index (χ0) is 26.1. The molecule has 9 heteroatoms. The molecule has 0 amide bonds. The molecular weight excluding hydrogens is 464 g/mol. The Labute approximate surface area is 209 Å². The number of benzene rings is 3. The lowest BCUT2D eigenvalue weighted by molar-refractivity contribution is -0.159. The number of phenolic OH excluding ortho intramolecular Hbond substituents is 1. The number of phenols is 1. The number of nitrogens with zero attached hydrogens (tertiary/aromatic N) is 2. The number of carboxylic acids is 2. The van der Waals surface area contributed by atoms with Crippen molar-refractivity contribution in [1.29, 1.82) is 0 Å². The molecule has 1 aliphatic rings. The van der Waals surface area contributed by atoms with Crippen molar-refractivity contribution in [2.24, 2.45) is 0 Å². The molecule has 1 fully saturated rings. The van der Waals surface area contributed by atoms with E-state index in [9.17, 15) is 10.2 Å². The van der Waals surface area contributed by atoms with Gasteiger partial charge in [-0.2, -0.15) is 0 Å². The van der Waals surface area contributed by atoms with Crippen LogP contribution in [0.1, 0.15) is 16.7 Å². The van der Waals surface area contributed by atoms with Crippen LogP contribution in [-0.4, -0.2) is 75.5 Å². The molecule has 36 heavy (non-hydrogen) atoms. The van der Waals surface area contributed by atoms with Gasteiger partial charge in [0.15, 0.2) is 17.2 Å². The Kier molecular flexibility index (Phi) is 9.02. The molecule has 0 aliphatic carbocycles. The van der Waals surface area contributed by atoms with Crippen LogP contribution >= 0.6 is 0 Å². The summed E-state index contributed by atoms with van der Waals surface area (Å²) in [6.07, 6.45) is 0. The molecule has 0 saturated carbocycles. The number of piperazine rings is 1. The van der Waals surface area contributed by atoms with Crippen LogP contribution in [0, 0.1) is 0 Å². The zero-order valence-electron chi connectivity index (χ0n) is 19.9. The largest absolute Gasteiger partial charge is 0.504 e. The summed E-state index contributed by atoms with van der Waals surface area (Å²) in [4.78, 5) is 22.6. The van der Waals surface area contributed by atoms with E-state index in [4.69, 9.17) is 24.5 Å². The van der Waals surface area contributed by atoms with E-state index < -0.39 is 17.7 Å². The molecule has 0 aromatic heterocycles. The maximum absolute atomic E-state index is 11.9. The minimum atomic E-state index is -1.82. The van der Waals surface area contributed by atoms with Crippen molar-refractivity contribution in [1.82, 2.24) is 9.80 Å². The molecule has 3 aromatic rings. The Morgan fingerprint density at radius 3 is 1.75 bits per heavy atom. The summed E-state index contributed by atoms with van der Waals surface area (Å²) >= 11 is 0. The average molecular weight is 495 g/mol. The first-order chi connectivity index (χ1) is 17.3. The summed E-state index contributed by atoms with van der Waals surface area (Å²) in [5, 5.41) is 37.1. The Balaban J connectivity index is 0.000000538. The van der Waals surface area contributed by atoms with Crippen molar-refractivity contribution in [2.75, 3.05) is 33.3 Å². The van der Waals surface area contributed by atoms with Crippen LogP contribution in [0.25, 0.3) is 0 Å². The third kappa shape index (κ3) is 6.19. The fourth-order valence-corrected chi connectivity index (χ4v) is 4.20. The second kappa shape index (κ2) is 12.2. The van der Waals surface area contributed by atoms with Crippen LogP contribution in [0.4, 0.5) is 0 Å². The Morgan fingerprint density at radius 1 is 0.806 bits per heavy atom. The number of aliphatic carboxylic acids is 2. The highest BCUT2D eigenvalue weighted by molar-refractivity contribution is 6.27. The molecule has 0 unspecified atom stereocenters. The minimum absolute atomic E-state index is 0.201. The lowest BCUT2D eigenvalue weighted by Gasteiger charge is -2.45. The number of rotatable bonds is 6. The van der Waals surface area contributed by atoms with E-state index in [0.717, 1.165) is 29.8 Å². The van der Waals surface area contributed by atoms with E-state index in [1.165, 1.54) is 0 Å². The number of methoxy groups -OCH3 is 1. The number of hydrogen-bond acceptors (Lipinski definition) is 7. The van der Waals surface area contributed by atoms with Crippen molar-refractivity contribution in [2.45, 2.75) is 12.3 Å². The Hall–Kier alpha value is -3.92.